The maximum atomic E-state index is 11.7. The molecule has 148 valence electrons. The molecule has 10 nitrogen and oxygen atoms in total. The van der Waals surface area contributed by atoms with Gasteiger partial charge in [0.15, 0.2) is 11.5 Å². The SMILES string of the molecule is C=CCOc1c(/C=C(/Sc2n[nH]c(CC)n2)C(=O)O)cc([N+](=O)[O-])cc1OC. The molecule has 28 heavy (non-hydrogen) atoms. The fraction of sp³-hybridized carbons (Fsp3) is 0.235. The summed E-state index contributed by atoms with van der Waals surface area (Å²) in [6.07, 6.45) is 3.35. The van der Waals surface area contributed by atoms with E-state index in [1.54, 1.807) is 0 Å². The first kappa shape index (κ1) is 21.0. The standard InChI is InChI=1S/C17H18N4O6S/c1-4-6-27-15-10(7-11(21(24)25)9-12(15)26-3)8-13(16(22)23)28-17-18-14(5-2)19-20-17/h4,7-9H,1,5-6H2,2-3H3,(H,22,23)(H,18,19,20)/b13-8+. The quantitative estimate of drug-likeness (QED) is 0.200. The molecule has 0 radical (unpaired) electrons. The third kappa shape index (κ3) is 5.10. The number of carboxylic acid groups (broad SMARTS) is 1. The number of nitrogens with zero attached hydrogens (tertiary/aromatic N) is 3. The molecule has 2 aromatic rings. The van der Waals surface area contributed by atoms with Crippen LogP contribution in [-0.4, -0.2) is 44.9 Å². The van der Waals surface area contributed by atoms with E-state index < -0.39 is 10.9 Å². The van der Waals surface area contributed by atoms with Crippen LogP contribution in [0.5, 0.6) is 11.5 Å². The van der Waals surface area contributed by atoms with E-state index in [9.17, 15) is 20.0 Å². The average molecular weight is 406 g/mol. The third-order valence-corrected chi connectivity index (χ3v) is 4.27. The smallest absolute Gasteiger partial charge is 0.342 e. The Bertz CT molecular complexity index is 924. The summed E-state index contributed by atoms with van der Waals surface area (Å²) in [4.78, 5) is 26.3. The van der Waals surface area contributed by atoms with Crippen LogP contribution < -0.4 is 9.47 Å². The zero-order valence-electron chi connectivity index (χ0n) is 15.2. The number of thioether (sulfide) groups is 1. The highest BCUT2D eigenvalue weighted by Gasteiger charge is 2.20. The highest BCUT2D eigenvalue weighted by atomic mass is 32.2. The monoisotopic (exact) mass is 406 g/mol. The van der Waals surface area contributed by atoms with E-state index in [4.69, 9.17) is 9.47 Å². The van der Waals surface area contributed by atoms with Crippen LogP contribution in [-0.2, 0) is 11.2 Å². The lowest BCUT2D eigenvalue weighted by Crippen LogP contribution is -2.02. The molecule has 0 saturated carbocycles. The zero-order valence-corrected chi connectivity index (χ0v) is 16.0. The summed E-state index contributed by atoms with van der Waals surface area (Å²) in [6, 6.07) is 2.41. The molecule has 2 rings (SSSR count). The summed E-state index contributed by atoms with van der Waals surface area (Å²) in [5.74, 6) is -0.368. The Hall–Kier alpha value is -3.34. The number of methoxy groups -OCH3 is 1. The number of aryl methyl sites for hydroxylation is 1. The molecular formula is C17H18N4O6S. The molecule has 11 heteroatoms. The van der Waals surface area contributed by atoms with Crippen LogP contribution in [0.3, 0.4) is 0 Å². The van der Waals surface area contributed by atoms with Crippen molar-refractivity contribution in [3.8, 4) is 11.5 Å². The summed E-state index contributed by atoms with van der Waals surface area (Å²) >= 11 is 0.810. The van der Waals surface area contributed by atoms with Gasteiger partial charge in [0.05, 0.1) is 18.1 Å². The van der Waals surface area contributed by atoms with Crippen molar-refractivity contribution in [3.63, 3.8) is 0 Å². The van der Waals surface area contributed by atoms with E-state index >= 15 is 0 Å². The minimum absolute atomic E-state index is 0.100. The van der Waals surface area contributed by atoms with Crippen molar-refractivity contribution < 1.29 is 24.3 Å². The van der Waals surface area contributed by atoms with Gasteiger partial charge in [-0.05, 0) is 17.8 Å². The number of nitrogens with one attached hydrogen (secondary N) is 1. The number of carbonyl (C=O) groups is 1. The van der Waals surface area contributed by atoms with E-state index in [-0.39, 0.29) is 39.4 Å². The number of ether oxygens (including phenoxy) is 2. The van der Waals surface area contributed by atoms with Crippen molar-refractivity contribution in [1.29, 1.82) is 0 Å². The number of hydrogen-bond donors (Lipinski definition) is 2. The van der Waals surface area contributed by atoms with Crippen LogP contribution >= 0.6 is 11.8 Å². The number of benzene rings is 1. The summed E-state index contributed by atoms with van der Waals surface area (Å²) in [6.45, 7) is 5.53. The van der Waals surface area contributed by atoms with Gasteiger partial charge in [-0.1, -0.05) is 19.6 Å². The van der Waals surface area contributed by atoms with Gasteiger partial charge in [-0.3, -0.25) is 15.2 Å². The second-order valence-electron chi connectivity index (χ2n) is 5.26. The Labute approximate surface area is 164 Å². The van der Waals surface area contributed by atoms with Crippen molar-refractivity contribution in [2.45, 2.75) is 18.5 Å². The Balaban J connectivity index is 2.55. The molecule has 0 fully saturated rings. The fourth-order valence-corrected chi connectivity index (χ4v) is 2.84. The predicted octanol–water partition coefficient (Wildman–Crippen LogP) is 3.07. The van der Waals surface area contributed by atoms with E-state index in [1.807, 2.05) is 6.92 Å². The molecule has 2 N–H and O–H groups in total. The van der Waals surface area contributed by atoms with Gasteiger partial charge in [-0.2, -0.15) is 0 Å². The van der Waals surface area contributed by atoms with E-state index in [0.717, 1.165) is 11.8 Å². The second kappa shape index (κ2) is 9.55. The number of nitro groups is 1. The maximum Gasteiger partial charge on any atom is 0.342 e. The Morgan fingerprint density at radius 3 is 2.79 bits per heavy atom. The Morgan fingerprint density at radius 2 is 2.25 bits per heavy atom. The number of rotatable bonds is 10. The molecule has 0 spiro atoms. The topological polar surface area (TPSA) is 140 Å². The summed E-state index contributed by atoms with van der Waals surface area (Å²) < 4.78 is 10.7. The van der Waals surface area contributed by atoms with Gasteiger partial charge in [0.1, 0.15) is 17.3 Å². The normalized spacial score (nSPS) is 11.1. The largest absolute Gasteiger partial charge is 0.493 e. The van der Waals surface area contributed by atoms with Crippen molar-refractivity contribution in [2.75, 3.05) is 13.7 Å². The third-order valence-electron chi connectivity index (χ3n) is 3.39. The number of non-ortho nitro benzene ring substituents is 1. The highest BCUT2D eigenvalue weighted by Crippen LogP contribution is 2.38. The van der Waals surface area contributed by atoms with Crippen LogP contribution in [0.1, 0.15) is 18.3 Å². The molecule has 1 aromatic carbocycles. The molecule has 1 aromatic heterocycles. The molecule has 0 atom stereocenters. The minimum Gasteiger partial charge on any atom is -0.493 e. The first-order valence-corrected chi connectivity index (χ1v) is 8.85. The average Bonchev–Trinajstić information content (AvgIpc) is 3.13. The summed E-state index contributed by atoms with van der Waals surface area (Å²) in [5.41, 5.74) is -0.0981. The van der Waals surface area contributed by atoms with Crippen LogP contribution in [0.4, 0.5) is 5.69 Å². The molecule has 0 amide bonds. The molecular weight excluding hydrogens is 388 g/mol. The van der Waals surface area contributed by atoms with E-state index in [0.29, 0.717) is 12.2 Å². The molecule has 0 bridgehead atoms. The Kier molecular flexibility index (Phi) is 7.15. The summed E-state index contributed by atoms with van der Waals surface area (Å²) in [5, 5.41) is 27.6. The van der Waals surface area contributed by atoms with Crippen molar-refractivity contribution in [1.82, 2.24) is 15.2 Å². The fourth-order valence-electron chi connectivity index (χ4n) is 2.13. The minimum atomic E-state index is -1.24. The molecule has 0 aliphatic rings. The first-order valence-electron chi connectivity index (χ1n) is 8.03. The van der Waals surface area contributed by atoms with Gasteiger partial charge < -0.3 is 14.6 Å². The lowest BCUT2D eigenvalue weighted by molar-refractivity contribution is -0.385. The van der Waals surface area contributed by atoms with Gasteiger partial charge in [0.2, 0.25) is 5.16 Å². The van der Waals surface area contributed by atoms with Crippen molar-refractivity contribution >= 4 is 29.5 Å². The molecule has 1 heterocycles. The number of aromatic nitrogens is 3. The maximum absolute atomic E-state index is 11.7. The van der Waals surface area contributed by atoms with Crippen molar-refractivity contribution in [2.24, 2.45) is 0 Å². The Morgan fingerprint density at radius 1 is 1.50 bits per heavy atom. The lowest BCUT2D eigenvalue weighted by Gasteiger charge is -2.13. The predicted molar refractivity (Wildman–Crippen MR) is 103 cm³/mol. The molecule has 0 saturated heterocycles. The molecule has 0 aliphatic heterocycles. The van der Waals surface area contributed by atoms with E-state index in [2.05, 4.69) is 21.8 Å². The number of H-pyrrole nitrogens is 1. The highest BCUT2D eigenvalue weighted by molar-refractivity contribution is 8.04. The van der Waals surface area contributed by atoms with Gasteiger partial charge in [0, 0.05) is 18.1 Å². The number of carboxylic acids is 1. The molecule has 0 unspecified atom stereocenters. The first-order chi connectivity index (χ1) is 13.4. The number of nitro benzene ring substituents is 1. The molecule has 0 aliphatic carbocycles. The van der Waals surface area contributed by atoms with Gasteiger partial charge in [0.25, 0.3) is 5.69 Å². The van der Waals surface area contributed by atoms with Crippen LogP contribution in [0.15, 0.2) is 34.8 Å². The second-order valence-corrected chi connectivity index (χ2v) is 6.27. The van der Waals surface area contributed by atoms with Gasteiger partial charge in [-0.25, -0.2) is 9.78 Å². The van der Waals surface area contributed by atoms with Crippen LogP contribution in [0.25, 0.3) is 6.08 Å². The van der Waals surface area contributed by atoms with Crippen LogP contribution in [0.2, 0.25) is 0 Å². The lowest BCUT2D eigenvalue weighted by atomic mass is 10.1. The van der Waals surface area contributed by atoms with Crippen molar-refractivity contribution in [3.05, 3.63) is 51.2 Å². The number of aliphatic carboxylic acids is 1. The van der Waals surface area contributed by atoms with Crippen LogP contribution in [0, 0.1) is 10.1 Å². The zero-order chi connectivity index (χ0) is 20.7. The van der Waals surface area contributed by atoms with Gasteiger partial charge >= 0.3 is 5.97 Å². The van der Waals surface area contributed by atoms with E-state index in [1.165, 1.54) is 31.4 Å². The number of hydrogen-bond acceptors (Lipinski definition) is 8. The number of aromatic amines is 1. The summed E-state index contributed by atoms with van der Waals surface area (Å²) in [7, 11) is 1.33. The van der Waals surface area contributed by atoms with Gasteiger partial charge in [-0.15, -0.1) is 5.10 Å².